The number of benzene rings is 2. The highest BCUT2D eigenvalue weighted by Gasteiger charge is 2.26. The standard InChI is InChI=1S/C24H21FN2O4S/c1-30-16-9-10-18(19(12-16)31-2)27-22(28)21-17-7-4-8-20(17)32-23(21)26(24(27)29)13-14-5-3-6-15(25)11-14/h3,5-6,9-12H,4,7-8,13H2,1-2H3. The van der Waals surface area contributed by atoms with Gasteiger partial charge in [0.05, 0.1) is 31.8 Å². The number of hydrogen-bond acceptors (Lipinski definition) is 5. The molecule has 6 nitrogen and oxygen atoms in total. The fourth-order valence-corrected chi connectivity index (χ4v) is 5.72. The lowest BCUT2D eigenvalue weighted by Gasteiger charge is -2.15. The molecule has 4 aromatic rings. The van der Waals surface area contributed by atoms with Crippen molar-refractivity contribution in [3.8, 4) is 17.2 Å². The minimum atomic E-state index is -0.491. The highest BCUT2D eigenvalue weighted by atomic mass is 32.1. The van der Waals surface area contributed by atoms with Crippen LogP contribution in [-0.4, -0.2) is 23.4 Å². The predicted molar refractivity (Wildman–Crippen MR) is 122 cm³/mol. The van der Waals surface area contributed by atoms with Gasteiger partial charge in [0.2, 0.25) is 0 Å². The van der Waals surface area contributed by atoms with E-state index in [-0.39, 0.29) is 17.9 Å². The van der Waals surface area contributed by atoms with E-state index in [1.165, 1.54) is 37.7 Å². The van der Waals surface area contributed by atoms with Gasteiger partial charge < -0.3 is 9.47 Å². The highest BCUT2D eigenvalue weighted by Crippen LogP contribution is 2.36. The molecule has 1 aliphatic rings. The van der Waals surface area contributed by atoms with Crippen molar-refractivity contribution in [2.75, 3.05) is 14.2 Å². The molecule has 0 saturated heterocycles. The van der Waals surface area contributed by atoms with Gasteiger partial charge in [0.25, 0.3) is 5.56 Å². The maximum atomic E-state index is 13.8. The molecule has 8 heteroatoms. The number of fused-ring (bicyclic) bond motifs is 3. The van der Waals surface area contributed by atoms with Gasteiger partial charge in [-0.3, -0.25) is 9.36 Å². The Morgan fingerprint density at radius 1 is 1.06 bits per heavy atom. The number of methoxy groups -OCH3 is 2. The van der Waals surface area contributed by atoms with Gasteiger partial charge >= 0.3 is 5.69 Å². The first-order valence-electron chi connectivity index (χ1n) is 10.3. The van der Waals surface area contributed by atoms with Gasteiger partial charge in [0.15, 0.2) is 0 Å². The maximum Gasteiger partial charge on any atom is 0.337 e. The minimum Gasteiger partial charge on any atom is -0.497 e. The number of nitrogens with zero attached hydrogens (tertiary/aromatic N) is 2. The molecule has 0 aliphatic heterocycles. The number of aryl methyl sites for hydroxylation is 2. The van der Waals surface area contributed by atoms with Crippen molar-refractivity contribution in [3.63, 3.8) is 0 Å². The van der Waals surface area contributed by atoms with Crippen LogP contribution in [0.25, 0.3) is 15.9 Å². The smallest absolute Gasteiger partial charge is 0.337 e. The normalized spacial score (nSPS) is 12.8. The SMILES string of the molecule is COc1ccc(-n2c(=O)c3c4c(sc3n(Cc3cccc(F)c3)c2=O)CCC4)c(OC)c1. The number of rotatable bonds is 5. The lowest BCUT2D eigenvalue weighted by atomic mass is 10.2. The molecule has 0 radical (unpaired) electrons. The predicted octanol–water partition coefficient (Wildman–Crippen LogP) is 3.91. The van der Waals surface area contributed by atoms with Crippen molar-refractivity contribution in [2.45, 2.75) is 25.8 Å². The van der Waals surface area contributed by atoms with Gasteiger partial charge in [0, 0.05) is 10.9 Å². The molecule has 164 valence electrons. The Kier molecular flexibility index (Phi) is 5.09. The van der Waals surface area contributed by atoms with Gasteiger partial charge in [-0.25, -0.2) is 13.8 Å². The molecular weight excluding hydrogens is 431 g/mol. The summed E-state index contributed by atoms with van der Waals surface area (Å²) in [5.41, 5.74) is 1.16. The Hall–Kier alpha value is -3.39. The van der Waals surface area contributed by atoms with Gasteiger partial charge in [-0.05, 0) is 54.7 Å². The van der Waals surface area contributed by atoms with Crippen LogP contribution in [0.15, 0.2) is 52.1 Å². The second kappa shape index (κ2) is 7.94. The van der Waals surface area contributed by atoms with E-state index in [9.17, 15) is 14.0 Å². The molecule has 2 heterocycles. The van der Waals surface area contributed by atoms with Crippen LogP contribution >= 0.6 is 11.3 Å². The first kappa shape index (κ1) is 20.5. The lowest BCUT2D eigenvalue weighted by molar-refractivity contribution is 0.392. The quantitative estimate of drug-likeness (QED) is 0.461. The molecule has 0 amide bonds. The average Bonchev–Trinajstić information content (AvgIpc) is 3.38. The van der Waals surface area contributed by atoms with Crippen molar-refractivity contribution in [3.05, 3.63) is 85.1 Å². The largest absolute Gasteiger partial charge is 0.497 e. The molecule has 0 bridgehead atoms. The van der Waals surface area contributed by atoms with Crippen LogP contribution in [0.2, 0.25) is 0 Å². The number of aromatic nitrogens is 2. The lowest BCUT2D eigenvalue weighted by Crippen LogP contribution is -2.39. The zero-order valence-corrected chi connectivity index (χ0v) is 18.5. The first-order valence-corrected chi connectivity index (χ1v) is 11.1. The van der Waals surface area contributed by atoms with E-state index in [0.717, 1.165) is 34.3 Å². The Bertz CT molecular complexity index is 1470. The summed E-state index contributed by atoms with van der Waals surface area (Å²) in [5, 5.41) is 0.566. The fourth-order valence-electron chi connectivity index (χ4n) is 4.35. The molecule has 0 atom stereocenters. The number of halogens is 1. The molecule has 2 aromatic heterocycles. The van der Waals surface area contributed by atoms with Gasteiger partial charge in [-0.15, -0.1) is 11.3 Å². The first-order chi connectivity index (χ1) is 15.5. The molecule has 32 heavy (non-hydrogen) atoms. The number of thiophene rings is 1. The van der Waals surface area contributed by atoms with E-state index in [1.54, 1.807) is 34.9 Å². The van der Waals surface area contributed by atoms with E-state index >= 15 is 0 Å². The Balaban J connectivity index is 1.83. The van der Waals surface area contributed by atoms with Crippen molar-refractivity contribution in [1.82, 2.24) is 9.13 Å². The van der Waals surface area contributed by atoms with Crippen molar-refractivity contribution >= 4 is 21.6 Å². The molecule has 0 unspecified atom stereocenters. The fraction of sp³-hybridized carbons (Fsp3) is 0.250. The van der Waals surface area contributed by atoms with Crippen LogP contribution < -0.4 is 20.7 Å². The minimum absolute atomic E-state index is 0.158. The molecule has 0 spiro atoms. The maximum absolute atomic E-state index is 13.8. The summed E-state index contributed by atoms with van der Waals surface area (Å²) in [6.45, 7) is 0.158. The van der Waals surface area contributed by atoms with Gasteiger partial charge in [-0.1, -0.05) is 12.1 Å². The zero-order valence-electron chi connectivity index (χ0n) is 17.7. The van der Waals surface area contributed by atoms with Crippen molar-refractivity contribution < 1.29 is 13.9 Å². The highest BCUT2D eigenvalue weighted by molar-refractivity contribution is 7.18. The van der Waals surface area contributed by atoms with Crippen LogP contribution in [0.4, 0.5) is 4.39 Å². The third kappa shape index (κ3) is 3.22. The van der Waals surface area contributed by atoms with Gasteiger partial charge in [-0.2, -0.15) is 0 Å². The second-order valence-corrected chi connectivity index (χ2v) is 8.80. The molecular formula is C24H21FN2O4S. The van der Waals surface area contributed by atoms with E-state index < -0.39 is 5.69 Å². The Morgan fingerprint density at radius 2 is 1.91 bits per heavy atom. The van der Waals surface area contributed by atoms with Crippen LogP contribution in [-0.2, 0) is 19.4 Å². The summed E-state index contributed by atoms with van der Waals surface area (Å²) < 4.78 is 27.3. The van der Waals surface area contributed by atoms with Crippen molar-refractivity contribution in [2.24, 2.45) is 0 Å². The van der Waals surface area contributed by atoms with Crippen molar-refractivity contribution in [1.29, 1.82) is 0 Å². The third-order valence-electron chi connectivity index (χ3n) is 5.84. The van der Waals surface area contributed by atoms with Crippen LogP contribution in [0, 0.1) is 5.82 Å². The number of ether oxygens (including phenoxy) is 2. The van der Waals surface area contributed by atoms with E-state index in [0.29, 0.717) is 33.0 Å². The monoisotopic (exact) mass is 452 g/mol. The third-order valence-corrected chi connectivity index (χ3v) is 7.16. The summed E-state index contributed by atoms with van der Waals surface area (Å²) in [6, 6.07) is 11.1. The summed E-state index contributed by atoms with van der Waals surface area (Å²) in [6.07, 6.45) is 2.70. The molecule has 0 saturated carbocycles. The Labute approximate surface area is 187 Å². The van der Waals surface area contributed by atoms with Gasteiger partial charge in [0.1, 0.15) is 22.1 Å². The molecule has 0 N–H and O–H groups in total. The summed E-state index contributed by atoms with van der Waals surface area (Å²) >= 11 is 1.49. The zero-order chi connectivity index (χ0) is 22.4. The van der Waals surface area contributed by atoms with E-state index in [4.69, 9.17) is 9.47 Å². The Morgan fingerprint density at radius 3 is 2.66 bits per heavy atom. The summed E-state index contributed by atoms with van der Waals surface area (Å²) in [5.74, 6) is 0.536. The van der Waals surface area contributed by atoms with Crippen LogP contribution in [0.1, 0.15) is 22.4 Å². The van der Waals surface area contributed by atoms with Crippen LogP contribution in [0.5, 0.6) is 11.5 Å². The molecule has 0 fully saturated rings. The summed E-state index contributed by atoms with van der Waals surface area (Å²) in [7, 11) is 3.02. The van der Waals surface area contributed by atoms with E-state index in [1.807, 2.05) is 0 Å². The van der Waals surface area contributed by atoms with E-state index in [2.05, 4.69) is 0 Å². The average molecular weight is 453 g/mol. The molecule has 5 rings (SSSR count). The summed E-state index contributed by atoms with van der Waals surface area (Å²) in [4.78, 5) is 29.1. The molecule has 1 aliphatic carbocycles. The topological polar surface area (TPSA) is 62.5 Å². The molecule has 2 aromatic carbocycles. The van der Waals surface area contributed by atoms with Crippen LogP contribution in [0.3, 0.4) is 0 Å². The number of hydrogen-bond donors (Lipinski definition) is 0. The second-order valence-electron chi connectivity index (χ2n) is 7.71.